The summed E-state index contributed by atoms with van der Waals surface area (Å²) in [4.78, 5) is 21.8. The predicted molar refractivity (Wildman–Crippen MR) is 65.1 cm³/mol. The fourth-order valence-electron chi connectivity index (χ4n) is 1.61. The number of hydrogen-bond acceptors (Lipinski definition) is 2. The molecule has 0 fully saturated rings. The lowest BCUT2D eigenvalue weighted by Gasteiger charge is -2.04. The lowest BCUT2D eigenvalue weighted by Crippen LogP contribution is -2.03. The molecule has 2 aromatic carbocycles. The van der Waals surface area contributed by atoms with Crippen molar-refractivity contribution in [3.63, 3.8) is 0 Å². The summed E-state index contributed by atoms with van der Waals surface area (Å²) in [5, 5.41) is 19.0. The van der Waals surface area contributed by atoms with Crippen molar-refractivity contribution >= 4 is 35.1 Å². The Morgan fingerprint density at radius 2 is 1.59 bits per heavy atom. The minimum absolute atomic E-state index is 0. The zero-order valence-electron chi connectivity index (χ0n) is 8.58. The molecule has 0 heterocycles. The quantitative estimate of drug-likeness (QED) is 0.862. The maximum atomic E-state index is 11.0. The number of aromatic carboxylic acids is 2. The van der Waals surface area contributed by atoms with Gasteiger partial charge in [0.1, 0.15) is 0 Å². The van der Waals surface area contributed by atoms with E-state index in [1.54, 1.807) is 24.3 Å². The van der Waals surface area contributed by atoms with Crippen molar-refractivity contribution in [2.24, 2.45) is 0 Å². The fraction of sp³-hybridized carbons (Fsp3) is 0. The largest absolute Gasteiger partial charge is 0.478 e. The van der Waals surface area contributed by atoms with Crippen molar-refractivity contribution in [1.82, 2.24) is 0 Å². The molecule has 0 aliphatic rings. The Labute approximate surface area is 103 Å². The first-order valence-corrected chi connectivity index (χ1v) is 4.59. The van der Waals surface area contributed by atoms with E-state index in [-0.39, 0.29) is 23.5 Å². The average molecular weight is 253 g/mol. The van der Waals surface area contributed by atoms with Crippen molar-refractivity contribution in [2.45, 2.75) is 0 Å². The van der Waals surface area contributed by atoms with Crippen LogP contribution in [0.15, 0.2) is 36.4 Å². The van der Waals surface area contributed by atoms with Gasteiger partial charge in [-0.15, -0.1) is 12.4 Å². The molecule has 4 nitrogen and oxygen atoms in total. The van der Waals surface area contributed by atoms with Crippen LogP contribution in [0, 0.1) is 0 Å². The molecular formula is C12H9ClO4. The van der Waals surface area contributed by atoms with Gasteiger partial charge in [-0.2, -0.15) is 0 Å². The summed E-state index contributed by atoms with van der Waals surface area (Å²) in [5.74, 6) is -2.26. The van der Waals surface area contributed by atoms with E-state index in [4.69, 9.17) is 10.2 Å². The zero-order valence-corrected chi connectivity index (χ0v) is 9.40. The standard InChI is InChI=1S/C12H8O4.ClH/c13-11(14)8-5-7-3-1-2-4-9(7)10(6-8)12(15)16;/h1-6H,(H,13,14)(H,15,16);1H. The molecule has 0 aliphatic heterocycles. The molecule has 88 valence electrons. The topological polar surface area (TPSA) is 74.6 Å². The molecule has 17 heavy (non-hydrogen) atoms. The van der Waals surface area contributed by atoms with E-state index < -0.39 is 11.9 Å². The van der Waals surface area contributed by atoms with E-state index in [2.05, 4.69) is 0 Å². The van der Waals surface area contributed by atoms with Crippen LogP contribution < -0.4 is 0 Å². The van der Waals surface area contributed by atoms with E-state index in [9.17, 15) is 9.59 Å². The van der Waals surface area contributed by atoms with Gasteiger partial charge in [0.05, 0.1) is 11.1 Å². The summed E-state index contributed by atoms with van der Waals surface area (Å²) >= 11 is 0. The fourth-order valence-corrected chi connectivity index (χ4v) is 1.61. The van der Waals surface area contributed by atoms with Crippen molar-refractivity contribution in [1.29, 1.82) is 0 Å². The Kier molecular flexibility index (Phi) is 3.70. The summed E-state index contributed by atoms with van der Waals surface area (Å²) < 4.78 is 0. The van der Waals surface area contributed by atoms with Crippen LogP contribution >= 0.6 is 12.4 Å². The third-order valence-corrected chi connectivity index (χ3v) is 2.34. The number of benzene rings is 2. The van der Waals surface area contributed by atoms with Gasteiger partial charge in [-0.25, -0.2) is 9.59 Å². The minimum atomic E-state index is -1.13. The molecule has 0 spiro atoms. The van der Waals surface area contributed by atoms with Gasteiger partial charge >= 0.3 is 11.9 Å². The first-order chi connectivity index (χ1) is 7.59. The van der Waals surface area contributed by atoms with Crippen LogP contribution in [0.2, 0.25) is 0 Å². The molecule has 0 unspecified atom stereocenters. The van der Waals surface area contributed by atoms with Crippen LogP contribution in [0.1, 0.15) is 20.7 Å². The Morgan fingerprint density at radius 3 is 2.18 bits per heavy atom. The van der Waals surface area contributed by atoms with Crippen LogP contribution in [0.5, 0.6) is 0 Å². The second-order valence-corrected chi connectivity index (χ2v) is 3.36. The Bertz CT molecular complexity index is 592. The van der Waals surface area contributed by atoms with Crippen molar-refractivity contribution in [3.05, 3.63) is 47.5 Å². The molecule has 2 N–H and O–H groups in total. The van der Waals surface area contributed by atoms with E-state index in [0.717, 1.165) is 0 Å². The molecule has 2 rings (SSSR count). The van der Waals surface area contributed by atoms with Gasteiger partial charge in [0, 0.05) is 0 Å². The number of rotatable bonds is 2. The highest BCUT2D eigenvalue weighted by Crippen LogP contribution is 2.21. The van der Waals surface area contributed by atoms with Crippen LogP contribution in [0.3, 0.4) is 0 Å². The molecule has 0 amide bonds. The first kappa shape index (κ1) is 13.0. The molecule has 5 heteroatoms. The molecule has 0 saturated carbocycles. The van der Waals surface area contributed by atoms with Gasteiger partial charge in [0.15, 0.2) is 0 Å². The van der Waals surface area contributed by atoms with E-state index in [0.29, 0.717) is 10.8 Å². The Hall–Kier alpha value is -2.07. The van der Waals surface area contributed by atoms with Crippen molar-refractivity contribution in [3.8, 4) is 0 Å². The van der Waals surface area contributed by atoms with Crippen LogP contribution in [-0.2, 0) is 0 Å². The first-order valence-electron chi connectivity index (χ1n) is 4.59. The number of carboxylic acid groups (broad SMARTS) is 2. The Morgan fingerprint density at radius 1 is 0.941 bits per heavy atom. The van der Waals surface area contributed by atoms with Gasteiger partial charge < -0.3 is 10.2 Å². The summed E-state index contributed by atoms with van der Waals surface area (Å²) in [6.45, 7) is 0. The molecule has 0 atom stereocenters. The highest BCUT2D eigenvalue weighted by Gasteiger charge is 2.13. The molecule has 0 aliphatic carbocycles. The molecule has 0 radical (unpaired) electrons. The second kappa shape index (κ2) is 4.84. The third kappa shape index (κ3) is 2.37. The smallest absolute Gasteiger partial charge is 0.336 e. The maximum Gasteiger partial charge on any atom is 0.336 e. The number of halogens is 1. The predicted octanol–water partition coefficient (Wildman–Crippen LogP) is 2.66. The molecule has 0 aromatic heterocycles. The summed E-state index contributed by atoms with van der Waals surface area (Å²) in [6, 6.07) is 9.44. The van der Waals surface area contributed by atoms with E-state index >= 15 is 0 Å². The van der Waals surface area contributed by atoms with Gasteiger partial charge in [-0.1, -0.05) is 24.3 Å². The zero-order chi connectivity index (χ0) is 11.7. The summed E-state index contributed by atoms with van der Waals surface area (Å²) in [5.41, 5.74) is -0.00778. The number of fused-ring (bicyclic) bond motifs is 1. The van der Waals surface area contributed by atoms with Gasteiger partial charge in [-0.3, -0.25) is 0 Å². The summed E-state index contributed by atoms with van der Waals surface area (Å²) in [7, 11) is 0. The maximum absolute atomic E-state index is 11.0. The van der Waals surface area contributed by atoms with Gasteiger partial charge in [0.25, 0.3) is 0 Å². The molecule has 2 aromatic rings. The van der Waals surface area contributed by atoms with Crippen LogP contribution in [-0.4, -0.2) is 22.2 Å². The highest BCUT2D eigenvalue weighted by molar-refractivity contribution is 6.07. The van der Waals surface area contributed by atoms with Gasteiger partial charge in [-0.05, 0) is 22.9 Å². The van der Waals surface area contributed by atoms with Gasteiger partial charge in [0.2, 0.25) is 0 Å². The number of carboxylic acids is 2. The van der Waals surface area contributed by atoms with Crippen molar-refractivity contribution in [2.75, 3.05) is 0 Å². The molecular weight excluding hydrogens is 244 g/mol. The number of hydrogen-bond donors (Lipinski definition) is 2. The highest BCUT2D eigenvalue weighted by atomic mass is 35.5. The Balaban J connectivity index is 0.00000144. The lowest BCUT2D eigenvalue weighted by atomic mass is 10.0. The van der Waals surface area contributed by atoms with E-state index in [1.807, 2.05) is 0 Å². The normalized spacial score (nSPS) is 9.65. The molecule has 0 saturated heterocycles. The average Bonchev–Trinajstić information content (AvgIpc) is 2.27. The SMILES string of the molecule is Cl.O=C(O)c1cc(C(=O)O)c2ccccc2c1. The van der Waals surface area contributed by atoms with Crippen LogP contribution in [0.4, 0.5) is 0 Å². The monoisotopic (exact) mass is 252 g/mol. The minimum Gasteiger partial charge on any atom is -0.478 e. The third-order valence-electron chi connectivity index (χ3n) is 2.34. The number of carbonyl (C=O) groups is 2. The van der Waals surface area contributed by atoms with Crippen LogP contribution in [0.25, 0.3) is 10.8 Å². The van der Waals surface area contributed by atoms with E-state index in [1.165, 1.54) is 12.1 Å². The lowest BCUT2D eigenvalue weighted by molar-refractivity contribution is 0.0696. The second-order valence-electron chi connectivity index (χ2n) is 3.36. The van der Waals surface area contributed by atoms with Crippen molar-refractivity contribution < 1.29 is 19.8 Å². The molecule has 0 bridgehead atoms. The summed E-state index contributed by atoms with van der Waals surface area (Å²) in [6.07, 6.45) is 0.